The summed E-state index contributed by atoms with van der Waals surface area (Å²) in [6, 6.07) is 15.2. The number of benzene rings is 2. The number of hydrogen-bond donors (Lipinski definition) is 1. The van der Waals surface area contributed by atoms with E-state index in [0.29, 0.717) is 24.5 Å². The lowest BCUT2D eigenvalue weighted by Gasteiger charge is -2.37. The second kappa shape index (κ2) is 7.80. The number of piperazine rings is 1. The fraction of sp³-hybridized carbons (Fsp3) is 0.333. The van der Waals surface area contributed by atoms with Gasteiger partial charge in [-0.25, -0.2) is 0 Å². The van der Waals surface area contributed by atoms with Gasteiger partial charge < -0.3 is 24.6 Å². The number of methoxy groups -OCH3 is 1. The van der Waals surface area contributed by atoms with Crippen molar-refractivity contribution in [1.29, 1.82) is 0 Å². The average molecular weight is 381 g/mol. The highest BCUT2D eigenvalue weighted by molar-refractivity contribution is 5.99. The van der Waals surface area contributed by atoms with Crippen molar-refractivity contribution in [3.8, 4) is 11.5 Å². The van der Waals surface area contributed by atoms with Crippen LogP contribution in [0.2, 0.25) is 0 Å². The number of hydrogen-bond acceptors (Lipinski definition) is 5. The van der Waals surface area contributed by atoms with E-state index in [1.807, 2.05) is 36.4 Å². The molecule has 4 rings (SSSR count). The molecule has 0 aliphatic carbocycles. The third-order valence-electron chi connectivity index (χ3n) is 5.14. The molecule has 0 saturated carbocycles. The van der Waals surface area contributed by atoms with Crippen LogP contribution in [0.4, 0.5) is 11.4 Å². The summed E-state index contributed by atoms with van der Waals surface area (Å²) in [4.78, 5) is 29.0. The Morgan fingerprint density at radius 3 is 2.54 bits per heavy atom. The number of carbonyl (C=O) groups excluding carboxylic acids is 2. The van der Waals surface area contributed by atoms with E-state index in [9.17, 15) is 9.59 Å². The second-order valence-electron chi connectivity index (χ2n) is 6.86. The molecule has 0 radical (unpaired) electrons. The molecule has 2 aromatic carbocycles. The largest absolute Gasteiger partial charge is 0.497 e. The van der Waals surface area contributed by atoms with Crippen molar-refractivity contribution < 1.29 is 19.1 Å². The van der Waals surface area contributed by atoms with Crippen LogP contribution in [0.5, 0.6) is 11.5 Å². The number of rotatable bonds is 4. The van der Waals surface area contributed by atoms with E-state index in [1.54, 1.807) is 24.1 Å². The van der Waals surface area contributed by atoms with Crippen molar-refractivity contribution in [3.63, 3.8) is 0 Å². The molecule has 2 aliphatic heterocycles. The summed E-state index contributed by atoms with van der Waals surface area (Å²) in [7, 11) is 1.65. The summed E-state index contributed by atoms with van der Waals surface area (Å²) in [5.74, 6) is 1.09. The van der Waals surface area contributed by atoms with Gasteiger partial charge >= 0.3 is 0 Å². The zero-order valence-corrected chi connectivity index (χ0v) is 15.8. The monoisotopic (exact) mass is 381 g/mol. The average Bonchev–Trinajstić information content (AvgIpc) is 2.74. The van der Waals surface area contributed by atoms with Crippen LogP contribution in [0.25, 0.3) is 0 Å². The van der Waals surface area contributed by atoms with Gasteiger partial charge in [-0.05, 0) is 36.4 Å². The van der Waals surface area contributed by atoms with E-state index < -0.39 is 6.10 Å². The molecule has 7 heteroatoms. The molecule has 28 heavy (non-hydrogen) atoms. The molecule has 0 aromatic heterocycles. The third kappa shape index (κ3) is 3.74. The number of amides is 2. The second-order valence-corrected chi connectivity index (χ2v) is 6.86. The fourth-order valence-electron chi connectivity index (χ4n) is 3.52. The number of nitrogens with zero attached hydrogens (tertiary/aromatic N) is 2. The Kier molecular flexibility index (Phi) is 5.06. The van der Waals surface area contributed by atoms with Gasteiger partial charge in [-0.15, -0.1) is 0 Å². The molecule has 0 bridgehead atoms. The summed E-state index contributed by atoms with van der Waals surface area (Å²) in [6.07, 6.45) is -0.745. The summed E-state index contributed by atoms with van der Waals surface area (Å²) in [5, 5.41) is 2.80. The number of carbonyl (C=O) groups is 2. The normalized spacial score (nSPS) is 18.8. The molecule has 2 aliphatic rings. The minimum atomic E-state index is -0.790. The molecule has 2 aromatic rings. The van der Waals surface area contributed by atoms with Crippen LogP contribution in [0.1, 0.15) is 6.42 Å². The van der Waals surface area contributed by atoms with Gasteiger partial charge in [-0.2, -0.15) is 0 Å². The Morgan fingerprint density at radius 2 is 1.82 bits per heavy atom. The third-order valence-corrected chi connectivity index (χ3v) is 5.14. The van der Waals surface area contributed by atoms with Crippen LogP contribution in [0.15, 0.2) is 48.5 Å². The number of nitrogens with one attached hydrogen (secondary N) is 1. The van der Waals surface area contributed by atoms with E-state index in [4.69, 9.17) is 9.47 Å². The molecule has 1 saturated heterocycles. The van der Waals surface area contributed by atoms with E-state index in [1.165, 1.54) is 0 Å². The molecular formula is C21H23N3O4. The first-order valence-corrected chi connectivity index (χ1v) is 9.37. The number of para-hydroxylation sites is 2. The summed E-state index contributed by atoms with van der Waals surface area (Å²) >= 11 is 0. The molecule has 0 spiro atoms. The van der Waals surface area contributed by atoms with E-state index >= 15 is 0 Å². The number of ether oxygens (including phenoxy) is 2. The van der Waals surface area contributed by atoms with Crippen LogP contribution in [0.3, 0.4) is 0 Å². The molecule has 0 unspecified atom stereocenters. The fourth-order valence-corrected chi connectivity index (χ4v) is 3.52. The van der Waals surface area contributed by atoms with Gasteiger partial charge in [0.2, 0.25) is 5.91 Å². The number of anilines is 2. The highest BCUT2D eigenvalue weighted by Gasteiger charge is 2.32. The first-order valence-electron chi connectivity index (χ1n) is 9.37. The zero-order chi connectivity index (χ0) is 19.5. The van der Waals surface area contributed by atoms with Gasteiger partial charge in [-0.1, -0.05) is 12.1 Å². The van der Waals surface area contributed by atoms with Crippen LogP contribution in [-0.4, -0.2) is 56.1 Å². The first-order chi connectivity index (χ1) is 13.6. The minimum Gasteiger partial charge on any atom is -0.497 e. The Balaban J connectivity index is 1.32. The summed E-state index contributed by atoms with van der Waals surface area (Å²) < 4.78 is 10.9. The van der Waals surface area contributed by atoms with Crippen molar-refractivity contribution >= 4 is 23.2 Å². The van der Waals surface area contributed by atoms with Crippen molar-refractivity contribution in [2.45, 2.75) is 12.5 Å². The highest BCUT2D eigenvalue weighted by atomic mass is 16.5. The lowest BCUT2D eigenvalue weighted by atomic mass is 10.1. The number of fused-ring (bicyclic) bond motifs is 1. The van der Waals surface area contributed by atoms with Gasteiger partial charge in [0.15, 0.2) is 6.10 Å². The van der Waals surface area contributed by atoms with E-state index in [0.717, 1.165) is 24.5 Å². The van der Waals surface area contributed by atoms with Crippen LogP contribution in [0, 0.1) is 0 Å². The predicted molar refractivity (Wildman–Crippen MR) is 106 cm³/mol. The topological polar surface area (TPSA) is 71.1 Å². The van der Waals surface area contributed by atoms with Crippen molar-refractivity contribution in [1.82, 2.24) is 4.90 Å². The van der Waals surface area contributed by atoms with Gasteiger partial charge in [-0.3, -0.25) is 9.59 Å². The van der Waals surface area contributed by atoms with Crippen LogP contribution in [-0.2, 0) is 9.59 Å². The van der Waals surface area contributed by atoms with Gasteiger partial charge in [0, 0.05) is 31.9 Å². The highest BCUT2D eigenvalue weighted by Crippen LogP contribution is 2.30. The maximum atomic E-state index is 12.7. The molecule has 1 fully saturated rings. The molecule has 7 nitrogen and oxygen atoms in total. The van der Waals surface area contributed by atoms with Crippen molar-refractivity contribution in [2.24, 2.45) is 0 Å². The molecule has 2 heterocycles. The minimum absolute atomic E-state index is 0.0443. The summed E-state index contributed by atoms with van der Waals surface area (Å²) in [5.41, 5.74) is 1.75. The molecule has 146 valence electrons. The van der Waals surface area contributed by atoms with Crippen molar-refractivity contribution in [3.05, 3.63) is 48.5 Å². The standard InChI is InChI=1S/C21H23N3O4/c1-27-16-8-6-15(7-9-16)23-10-12-24(13-11-23)20(25)14-19-21(26)22-17-4-2-3-5-18(17)28-19/h2-9,19H,10-14H2,1H3,(H,22,26)/t19-/m1/s1. The summed E-state index contributed by atoms with van der Waals surface area (Å²) in [6.45, 7) is 2.74. The Labute approximate surface area is 163 Å². The lowest BCUT2D eigenvalue weighted by molar-refractivity contribution is -0.137. The maximum absolute atomic E-state index is 12.7. The predicted octanol–water partition coefficient (Wildman–Crippen LogP) is 2.13. The van der Waals surface area contributed by atoms with Gasteiger partial charge in [0.25, 0.3) is 5.91 Å². The van der Waals surface area contributed by atoms with E-state index in [-0.39, 0.29) is 18.2 Å². The quantitative estimate of drug-likeness (QED) is 0.879. The smallest absolute Gasteiger partial charge is 0.266 e. The maximum Gasteiger partial charge on any atom is 0.266 e. The first kappa shape index (κ1) is 18.2. The molecule has 1 N–H and O–H groups in total. The lowest BCUT2D eigenvalue weighted by Crippen LogP contribution is -2.50. The zero-order valence-electron chi connectivity index (χ0n) is 15.8. The Morgan fingerprint density at radius 1 is 1.11 bits per heavy atom. The van der Waals surface area contributed by atoms with Gasteiger partial charge in [0.05, 0.1) is 19.2 Å². The molecule has 1 atom stereocenters. The SMILES string of the molecule is COc1ccc(N2CCN(C(=O)C[C@H]3Oc4ccccc4NC3=O)CC2)cc1. The Bertz CT molecular complexity index is 860. The molecular weight excluding hydrogens is 358 g/mol. The van der Waals surface area contributed by atoms with Crippen molar-refractivity contribution in [2.75, 3.05) is 43.5 Å². The van der Waals surface area contributed by atoms with Crippen LogP contribution >= 0.6 is 0 Å². The van der Waals surface area contributed by atoms with E-state index in [2.05, 4.69) is 10.2 Å². The van der Waals surface area contributed by atoms with Gasteiger partial charge in [0.1, 0.15) is 11.5 Å². The Hall–Kier alpha value is -3.22. The van der Waals surface area contributed by atoms with Crippen LogP contribution < -0.4 is 19.7 Å². The molecule has 2 amide bonds.